The van der Waals surface area contributed by atoms with Crippen LogP contribution in [0.15, 0.2) is 65.8 Å². The SMILES string of the molecule is NS(=O)(=O)c1cc(NC(O)Cc2ccccc2Cl)ccc1-c1cncc(C(F)(F)F)c1. The van der Waals surface area contributed by atoms with Gasteiger partial charge in [0.1, 0.15) is 6.23 Å². The van der Waals surface area contributed by atoms with Crippen molar-refractivity contribution in [2.45, 2.75) is 23.7 Å². The Kier molecular flexibility index (Phi) is 6.56. The maximum Gasteiger partial charge on any atom is 0.417 e. The quantitative estimate of drug-likeness (QED) is 0.470. The molecule has 0 aliphatic rings. The molecular weight excluding hydrogens is 455 g/mol. The predicted octanol–water partition coefficient (Wildman–Crippen LogP) is 4.04. The molecule has 0 saturated carbocycles. The van der Waals surface area contributed by atoms with Gasteiger partial charge in [0, 0.05) is 40.7 Å². The van der Waals surface area contributed by atoms with Crippen LogP contribution in [0.1, 0.15) is 11.1 Å². The van der Waals surface area contributed by atoms with Crippen molar-refractivity contribution >= 4 is 27.3 Å². The van der Waals surface area contributed by atoms with E-state index in [4.69, 9.17) is 16.7 Å². The summed E-state index contributed by atoms with van der Waals surface area (Å²) in [5.41, 5.74) is -0.272. The number of nitrogens with two attached hydrogens (primary N) is 1. The van der Waals surface area contributed by atoms with Gasteiger partial charge in [-0.2, -0.15) is 13.2 Å². The van der Waals surface area contributed by atoms with Gasteiger partial charge in [0.2, 0.25) is 10.0 Å². The Hall–Kier alpha value is -2.66. The lowest BCUT2D eigenvalue weighted by molar-refractivity contribution is -0.137. The van der Waals surface area contributed by atoms with E-state index in [0.29, 0.717) is 16.8 Å². The van der Waals surface area contributed by atoms with E-state index in [9.17, 15) is 26.7 Å². The zero-order valence-electron chi connectivity index (χ0n) is 15.8. The summed E-state index contributed by atoms with van der Waals surface area (Å²) in [6.45, 7) is 0. The molecule has 11 heteroatoms. The Balaban J connectivity index is 1.94. The van der Waals surface area contributed by atoms with E-state index in [-0.39, 0.29) is 23.2 Å². The number of aliphatic hydroxyl groups excluding tert-OH is 1. The van der Waals surface area contributed by atoms with Crippen molar-refractivity contribution in [2.24, 2.45) is 5.14 Å². The van der Waals surface area contributed by atoms with Gasteiger partial charge in [-0.3, -0.25) is 4.98 Å². The third-order valence-electron chi connectivity index (χ3n) is 4.37. The molecule has 31 heavy (non-hydrogen) atoms. The van der Waals surface area contributed by atoms with Gasteiger partial charge >= 0.3 is 6.18 Å². The lowest BCUT2D eigenvalue weighted by atomic mass is 10.0. The Labute approximate surface area is 181 Å². The van der Waals surface area contributed by atoms with Gasteiger partial charge in [-0.1, -0.05) is 35.9 Å². The number of nitrogens with one attached hydrogen (secondary N) is 1. The molecule has 3 rings (SSSR count). The van der Waals surface area contributed by atoms with Crippen LogP contribution >= 0.6 is 11.6 Å². The van der Waals surface area contributed by atoms with Crippen molar-refractivity contribution in [3.8, 4) is 11.1 Å². The highest BCUT2D eigenvalue weighted by atomic mass is 35.5. The molecule has 0 fully saturated rings. The summed E-state index contributed by atoms with van der Waals surface area (Å²) in [6.07, 6.45) is -3.88. The average molecular weight is 472 g/mol. The fraction of sp³-hybridized carbons (Fsp3) is 0.150. The fourth-order valence-corrected chi connectivity index (χ4v) is 3.94. The second-order valence-electron chi connectivity index (χ2n) is 6.67. The van der Waals surface area contributed by atoms with Crippen LogP contribution in [0.2, 0.25) is 5.02 Å². The number of nitrogens with zero attached hydrogens (tertiary/aromatic N) is 1. The smallest absolute Gasteiger partial charge is 0.373 e. The van der Waals surface area contributed by atoms with Crippen molar-refractivity contribution in [3.05, 3.63) is 77.1 Å². The molecular formula is C20H17ClF3N3O3S. The molecule has 6 nitrogen and oxygen atoms in total. The van der Waals surface area contributed by atoms with Crippen LogP contribution in [0.3, 0.4) is 0 Å². The highest BCUT2D eigenvalue weighted by molar-refractivity contribution is 7.89. The van der Waals surface area contributed by atoms with Crippen LogP contribution in [-0.2, 0) is 22.6 Å². The Morgan fingerprint density at radius 2 is 1.84 bits per heavy atom. The first kappa shape index (κ1) is 23.0. The molecule has 0 aliphatic heterocycles. The molecule has 0 bridgehead atoms. The van der Waals surface area contributed by atoms with Crippen molar-refractivity contribution in [1.82, 2.24) is 4.98 Å². The van der Waals surface area contributed by atoms with E-state index < -0.39 is 32.9 Å². The highest BCUT2D eigenvalue weighted by Crippen LogP contribution is 2.34. The Morgan fingerprint density at radius 3 is 2.48 bits per heavy atom. The number of primary sulfonamides is 1. The number of aromatic nitrogens is 1. The summed E-state index contributed by atoms with van der Waals surface area (Å²) >= 11 is 6.07. The van der Waals surface area contributed by atoms with Crippen molar-refractivity contribution in [2.75, 3.05) is 5.32 Å². The maximum atomic E-state index is 13.0. The third-order valence-corrected chi connectivity index (χ3v) is 5.69. The van der Waals surface area contributed by atoms with Crippen molar-refractivity contribution in [3.63, 3.8) is 0 Å². The molecule has 1 heterocycles. The average Bonchev–Trinajstić information content (AvgIpc) is 2.68. The topological polar surface area (TPSA) is 105 Å². The van der Waals surface area contributed by atoms with E-state index in [0.717, 1.165) is 18.3 Å². The van der Waals surface area contributed by atoms with Gasteiger partial charge in [-0.25, -0.2) is 13.6 Å². The normalized spacial score (nSPS) is 13.1. The molecule has 164 valence electrons. The van der Waals surface area contributed by atoms with E-state index >= 15 is 0 Å². The molecule has 1 aromatic heterocycles. The number of rotatable bonds is 6. The summed E-state index contributed by atoms with van der Waals surface area (Å²) in [4.78, 5) is 3.14. The number of hydrogen-bond acceptors (Lipinski definition) is 5. The highest BCUT2D eigenvalue weighted by Gasteiger charge is 2.31. The van der Waals surface area contributed by atoms with E-state index in [1.165, 1.54) is 12.1 Å². The van der Waals surface area contributed by atoms with Gasteiger partial charge in [0.25, 0.3) is 0 Å². The lowest BCUT2D eigenvalue weighted by Crippen LogP contribution is -2.22. The van der Waals surface area contributed by atoms with Crippen molar-refractivity contribution < 1.29 is 26.7 Å². The number of aliphatic hydroxyl groups is 1. The summed E-state index contributed by atoms with van der Waals surface area (Å²) in [5, 5.41) is 18.8. The van der Waals surface area contributed by atoms with Gasteiger partial charge in [0.05, 0.1) is 10.5 Å². The largest absolute Gasteiger partial charge is 0.417 e. The second-order valence-corrected chi connectivity index (χ2v) is 8.61. The van der Waals surface area contributed by atoms with Gasteiger partial charge < -0.3 is 10.4 Å². The van der Waals surface area contributed by atoms with E-state index in [2.05, 4.69) is 10.3 Å². The van der Waals surface area contributed by atoms with Gasteiger partial charge in [-0.05, 0) is 29.8 Å². The summed E-state index contributed by atoms with van der Waals surface area (Å²) in [6, 6.07) is 11.5. The molecule has 2 aromatic carbocycles. The summed E-state index contributed by atoms with van der Waals surface area (Å²) < 4.78 is 63.2. The van der Waals surface area contributed by atoms with Crippen LogP contribution in [-0.4, -0.2) is 24.7 Å². The van der Waals surface area contributed by atoms with E-state index in [1.807, 2.05) is 0 Å². The molecule has 3 aromatic rings. The number of alkyl halides is 3. The molecule has 1 unspecified atom stereocenters. The number of pyridine rings is 1. The first-order valence-electron chi connectivity index (χ1n) is 8.82. The summed E-state index contributed by atoms with van der Waals surface area (Å²) in [5.74, 6) is 0. The van der Waals surface area contributed by atoms with Crippen LogP contribution in [0.25, 0.3) is 11.1 Å². The first-order valence-corrected chi connectivity index (χ1v) is 10.7. The molecule has 0 radical (unpaired) electrons. The minimum Gasteiger partial charge on any atom is -0.373 e. The molecule has 0 spiro atoms. The van der Waals surface area contributed by atoms with Gasteiger partial charge in [0.15, 0.2) is 0 Å². The second kappa shape index (κ2) is 8.83. The zero-order chi connectivity index (χ0) is 22.8. The third kappa shape index (κ3) is 5.73. The summed E-state index contributed by atoms with van der Waals surface area (Å²) in [7, 11) is -4.31. The fourth-order valence-electron chi connectivity index (χ4n) is 2.94. The minimum absolute atomic E-state index is 0.0488. The van der Waals surface area contributed by atoms with Crippen LogP contribution in [0, 0.1) is 0 Å². The number of hydrogen-bond donors (Lipinski definition) is 3. The minimum atomic E-state index is -4.64. The molecule has 0 saturated heterocycles. The molecule has 4 N–H and O–H groups in total. The van der Waals surface area contributed by atoms with Gasteiger partial charge in [-0.15, -0.1) is 0 Å². The van der Waals surface area contributed by atoms with E-state index in [1.54, 1.807) is 24.3 Å². The zero-order valence-corrected chi connectivity index (χ0v) is 17.3. The first-order chi connectivity index (χ1) is 14.4. The van der Waals surface area contributed by atoms with Crippen LogP contribution in [0.5, 0.6) is 0 Å². The number of anilines is 1. The molecule has 0 aliphatic carbocycles. The standard InChI is InChI=1S/C20H17ClF3N3O3S/c21-17-4-2-1-3-12(17)8-19(28)27-15-5-6-16(18(9-15)31(25,29)30)13-7-14(11-26-10-13)20(22,23)24/h1-7,9-11,19,27-28H,8H2,(H2,25,29,30). The monoisotopic (exact) mass is 471 g/mol. The lowest BCUT2D eigenvalue weighted by Gasteiger charge is -2.17. The van der Waals surface area contributed by atoms with Crippen LogP contribution < -0.4 is 10.5 Å². The molecule has 0 amide bonds. The van der Waals surface area contributed by atoms with Crippen LogP contribution in [0.4, 0.5) is 18.9 Å². The number of sulfonamides is 1. The number of benzene rings is 2. The number of halogens is 4. The Bertz CT molecular complexity index is 1200. The molecule has 1 atom stereocenters. The Morgan fingerprint density at radius 1 is 1.13 bits per heavy atom. The van der Waals surface area contributed by atoms with Crippen molar-refractivity contribution in [1.29, 1.82) is 0 Å². The maximum absolute atomic E-state index is 13.0. The predicted molar refractivity (Wildman–Crippen MR) is 111 cm³/mol.